The SMILES string of the molecule is COc1ccc(C(=O)NCCc2sc(-c3cccnc3)nc2C)cc1OC. The van der Waals surface area contributed by atoms with Crippen LogP contribution >= 0.6 is 11.3 Å². The van der Waals surface area contributed by atoms with E-state index in [-0.39, 0.29) is 5.91 Å². The number of hydrogen-bond acceptors (Lipinski definition) is 6. The Bertz CT molecular complexity index is 925. The molecule has 3 aromatic rings. The van der Waals surface area contributed by atoms with Gasteiger partial charge in [-0.25, -0.2) is 4.98 Å². The first-order valence-corrected chi connectivity index (χ1v) is 9.31. The summed E-state index contributed by atoms with van der Waals surface area (Å²) in [6.07, 6.45) is 4.28. The van der Waals surface area contributed by atoms with Gasteiger partial charge in [0.25, 0.3) is 5.91 Å². The third kappa shape index (κ3) is 4.43. The molecule has 0 fully saturated rings. The number of carbonyl (C=O) groups excluding carboxylic acids is 1. The van der Waals surface area contributed by atoms with Gasteiger partial charge in [-0.05, 0) is 37.3 Å². The van der Waals surface area contributed by atoms with Crippen LogP contribution in [0.15, 0.2) is 42.7 Å². The average molecular weight is 383 g/mol. The van der Waals surface area contributed by atoms with E-state index in [1.54, 1.807) is 56.1 Å². The van der Waals surface area contributed by atoms with E-state index in [9.17, 15) is 4.79 Å². The van der Waals surface area contributed by atoms with Crippen LogP contribution in [0.4, 0.5) is 0 Å². The molecule has 140 valence electrons. The second-order valence-corrected chi connectivity index (χ2v) is 6.93. The first-order valence-electron chi connectivity index (χ1n) is 8.49. The van der Waals surface area contributed by atoms with Crippen LogP contribution in [0.2, 0.25) is 0 Å². The van der Waals surface area contributed by atoms with Gasteiger partial charge in [-0.3, -0.25) is 9.78 Å². The van der Waals surface area contributed by atoms with Crippen molar-refractivity contribution in [3.63, 3.8) is 0 Å². The minimum absolute atomic E-state index is 0.148. The van der Waals surface area contributed by atoms with Crippen LogP contribution in [-0.2, 0) is 6.42 Å². The molecule has 0 aliphatic carbocycles. The number of rotatable bonds is 7. The fraction of sp³-hybridized carbons (Fsp3) is 0.250. The monoisotopic (exact) mass is 383 g/mol. The molecule has 6 nitrogen and oxygen atoms in total. The first-order chi connectivity index (χ1) is 13.1. The summed E-state index contributed by atoms with van der Waals surface area (Å²) in [5.74, 6) is 0.979. The highest BCUT2D eigenvalue weighted by molar-refractivity contribution is 7.15. The van der Waals surface area contributed by atoms with Crippen molar-refractivity contribution in [2.45, 2.75) is 13.3 Å². The van der Waals surface area contributed by atoms with E-state index in [1.807, 2.05) is 19.1 Å². The fourth-order valence-electron chi connectivity index (χ4n) is 2.64. The smallest absolute Gasteiger partial charge is 0.251 e. The number of nitrogens with one attached hydrogen (secondary N) is 1. The lowest BCUT2D eigenvalue weighted by molar-refractivity contribution is 0.0953. The molecule has 1 aromatic carbocycles. The molecular formula is C20H21N3O3S. The van der Waals surface area contributed by atoms with Gasteiger partial charge >= 0.3 is 0 Å². The summed E-state index contributed by atoms with van der Waals surface area (Å²) in [5, 5.41) is 3.89. The second-order valence-electron chi connectivity index (χ2n) is 5.84. The van der Waals surface area contributed by atoms with E-state index >= 15 is 0 Å². The van der Waals surface area contributed by atoms with Crippen molar-refractivity contribution in [3.8, 4) is 22.1 Å². The van der Waals surface area contributed by atoms with Crippen molar-refractivity contribution in [2.75, 3.05) is 20.8 Å². The molecule has 0 radical (unpaired) electrons. The Morgan fingerprint density at radius 1 is 1.19 bits per heavy atom. The minimum atomic E-state index is -0.148. The molecule has 0 aliphatic rings. The number of nitrogens with zero attached hydrogens (tertiary/aromatic N) is 2. The molecule has 0 atom stereocenters. The Morgan fingerprint density at radius 2 is 2.00 bits per heavy atom. The summed E-state index contributed by atoms with van der Waals surface area (Å²) in [4.78, 5) is 22.3. The third-order valence-corrected chi connectivity index (χ3v) is 5.35. The normalized spacial score (nSPS) is 10.5. The molecule has 1 amide bonds. The number of hydrogen-bond donors (Lipinski definition) is 1. The molecule has 1 N–H and O–H groups in total. The van der Waals surface area contributed by atoms with E-state index < -0.39 is 0 Å². The van der Waals surface area contributed by atoms with Crippen LogP contribution in [0.5, 0.6) is 11.5 Å². The topological polar surface area (TPSA) is 73.3 Å². The molecule has 0 saturated carbocycles. The largest absolute Gasteiger partial charge is 0.493 e. The molecule has 0 unspecified atom stereocenters. The fourth-order valence-corrected chi connectivity index (χ4v) is 3.69. The van der Waals surface area contributed by atoms with Gasteiger partial charge in [-0.1, -0.05) is 0 Å². The molecule has 0 bridgehead atoms. The maximum atomic E-state index is 12.4. The van der Waals surface area contributed by atoms with E-state index in [0.717, 1.165) is 27.6 Å². The zero-order chi connectivity index (χ0) is 19.2. The first kappa shape index (κ1) is 18.8. The number of pyridine rings is 1. The van der Waals surface area contributed by atoms with Crippen molar-refractivity contribution < 1.29 is 14.3 Å². The summed E-state index contributed by atoms with van der Waals surface area (Å²) >= 11 is 1.63. The van der Waals surface area contributed by atoms with E-state index in [1.165, 1.54) is 0 Å². The van der Waals surface area contributed by atoms with E-state index in [2.05, 4.69) is 15.3 Å². The Morgan fingerprint density at radius 3 is 2.70 bits per heavy atom. The van der Waals surface area contributed by atoms with Gasteiger partial charge in [0.2, 0.25) is 0 Å². The lowest BCUT2D eigenvalue weighted by Crippen LogP contribution is -2.25. The maximum Gasteiger partial charge on any atom is 0.251 e. The summed E-state index contributed by atoms with van der Waals surface area (Å²) < 4.78 is 10.4. The quantitative estimate of drug-likeness (QED) is 0.676. The number of thiazole rings is 1. The second kappa shape index (κ2) is 8.64. The third-order valence-electron chi connectivity index (χ3n) is 4.08. The van der Waals surface area contributed by atoms with E-state index in [0.29, 0.717) is 23.6 Å². The predicted molar refractivity (Wildman–Crippen MR) is 106 cm³/mol. The lowest BCUT2D eigenvalue weighted by Gasteiger charge is -2.10. The molecule has 7 heteroatoms. The standard InChI is InChI=1S/C20H21N3O3S/c1-13-18(27-20(23-13)15-5-4-9-21-12-15)8-10-22-19(24)14-6-7-16(25-2)17(11-14)26-3/h4-7,9,11-12H,8,10H2,1-3H3,(H,22,24). The Balaban J connectivity index is 1.61. The van der Waals surface area contributed by atoms with Crippen molar-refractivity contribution in [2.24, 2.45) is 0 Å². The van der Waals surface area contributed by atoms with Crippen LogP contribution in [0.25, 0.3) is 10.6 Å². The van der Waals surface area contributed by atoms with Gasteiger partial charge in [0.05, 0.1) is 19.9 Å². The van der Waals surface area contributed by atoms with E-state index in [4.69, 9.17) is 9.47 Å². The minimum Gasteiger partial charge on any atom is -0.493 e. The van der Waals surface area contributed by atoms with Gasteiger partial charge in [-0.15, -0.1) is 11.3 Å². The maximum absolute atomic E-state index is 12.4. The van der Waals surface area contributed by atoms with Crippen LogP contribution in [0.1, 0.15) is 20.9 Å². The van der Waals surface area contributed by atoms with Crippen molar-refractivity contribution in [1.82, 2.24) is 15.3 Å². The summed E-state index contributed by atoms with van der Waals surface area (Å²) in [6.45, 7) is 2.52. The molecule has 2 aromatic heterocycles. The summed E-state index contributed by atoms with van der Waals surface area (Å²) in [7, 11) is 3.11. The van der Waals surface area contributed by atoms with Crippen molar-refractivity contribution >= 4 is 17.2 Å². The van der Waals surface area contributed by atoms with Gasteiger partial charge < -0.3 is 14.8 Å². The number of ether oxygens (including phenoxy) is 2. The van der Waals surface area contributed by atoms with Gasteiger partial charge in [0, 0.05) is 41.4 Å². The lowest BCUT2D eigenvalue weighted by atomic mass is 10.2. The van der Waals surface area contributed by atoms with Crippen molar-refractivity contribution in [3.05, 3.63) is 58.9 Å². The number of methoxy groups -OCH3 is 2. The van der Waals surface area contributed by atoms with Gasteiger partial charge in [0.1, 0.15) is 5.01 Å². The zero-order valence-corrected chi connectivity index (χ0v) is 16.3. The number of amides is 1. The van der Waals surface area contributed by atoms with Gasteiger partial charge in [0.15, 0.2) is 11.5 Å². The summed E-state index contributed by atoms with van der Waals surface area (Å²) in [6, 6.07) is 9.01. The molecule has 0 saturated heterocycles. The van der Waals surface area contributed by atoms with Gasteiger partial charge in [-0.2, -0.15) is 0 Å². The number of aromatic nitrogens is 2. The zero-order valence-electron chi connectivity index (χ0n) is 15.5. The molecule has 27 heavy (non-hydrogen) atoms. The molecule has 0 aliphatic heterocycles. The van der Waals surface area contributed by atoms with Crippen LogP contribution in [-0.4, -0.2) is 36.6 Å². The number of carbonyl (C=O) groups is 1. The Hall–Kier alpha value is -2.93. The molecule has 2 heterocycles. The summed E-state index contributed by atoms with van der Waals surface area (Å²) in [5.41, 5.74) is 2.52. The number of benzene rings is 1. The highest BCUT2D eigenvalue weighted by atomic mass is 32.1. The number of aryl methyl sites for hydroxylation is 1. The molecule has 3 rings (SSSR count). The Kier molecular flexibility index (Phi) is 6.03. The highest BCUT2D eigenvalue weighted by Crippen LogP contribution is 2.28. The van der Waals surface area contributed by atoms with Crippen LogP contribution in [0, 0.1) is 6.92 Å². The highest BCUT2D eigenvalue weighted by Gasteiger charge is 2.12. The average Bonchev–Trinajstić information content (AvgIpc) is 3.08. The predicted octanol–water partition coefficient (Wildman–Crippen LogP) is 3.50. The Labute approximate surface area is 162 Å². The van der Waals surface area contributed by atoms with Crippen molar-refractivity contribution in [1.29, 1.82) is 0 Å². The van der Waals surface area contributed by atoms with Crippen LogP contribution < -0.4 is 14.8 Å². The molecule has 0 spiro atoms. The van der Waals surface area contributed by atoms with Crippen LogP contribution in [0.3, 0.4) is 0 Å². The molecular weight excluding hydrogens is 362 g/mol.